The molecule has 0 saturated carbocycles. The molecule has 0 unspecified atom stereocenters. The number of pyridine rings is 1. The molecule has 3 aromatic rings. The summed E-state index contributed by atoms with van der Waals surface area (Å²) in [4.78, 5) is 29.2. The summed E-state index contributed by atoms with van der Waals surface area (Å²) in [6.45, 7) is 5.41. The Hall–Kier alpha value is -2.74. The average molecular weight is 430 g/mol. The van der Waals surface area contributed by atoms with E-state index in [4.69, 9.17) is 0 Å². The molecule has 1 aromatic carbocycles. The first-order valence-electron chi connectivity index (χ1n) is 8.41. The maximum Gasteiger partial charge on any atom is 0.253 e. The van der Waals surface area contributed by atoms with Gasteiger partial charge in [-0.05, 0) is 50.6 Å². The van der Waals surface area contributed by atoms with E-state index in [-0.39, 0.29) is 18.4 Å². The molecule has 27 heavy (non-hydrogen) atoms. The Kier molecular flexibility index (Phi) is 5.27. The van der Waals surface area contributed by atoms with Crippen LogP contribution in [0.4, 0.5) is 5.69 Å². The molecule has 0 aliphatic rings. The first-order chi connectivity index (χ1) is 12.8. The highest BCUT2D eigenvalue weighted by Gasteiger charge is 2.16. The fourth-order valence-electron chi connectivity index (χ4n) is 2.88. The fraction of sp³-hybridized carbons (Fsp3) is 0.263. The molecule has 2 N–H and O–H groups in total. The maximum absolute atomic E-state index is 12.5. The zero-order valence-corrected chi connectivity index (χ0v) is 17.1. The number of hydrogen-bond donors (Lipinski definition) is 2. The van der Waals surface area contributed by atoms with Gasteiger partial charge >= 0.3 is 0 Å². The van der Waals surface area contributed by atoms with Crippen molar-refractivity contribution in [2.24, 2.45) is 7.05 Å². The molecule has 3 rings (SSSR count). The van der Waals surface area contributed by atoms with E-state index < -0.39 is 0 Å². The van der Waals surface area contributed by atoms with Crippen molar-refractivity contribution in [1.29, 1.82) is 0 Å². The van der Waals surface area contributed by atoms with Crippen molar-refractivity contribution in [3.05, 3.63) is 51.3 Å². The van der Waals surface area contributed by atoms with Crippen LogP contribution >= 0.6 is 15.9 Å². The Morgan fingerprint density at radius 1 is 1.15 bits per heavy atom. The SMILES string of the molecule is Cc1cc(Br)ccc1NC(=O)CNC(=O)c1cc2c(C)nn(C)c2nc1C. The second kappa shape index (κ2) is 7.48. The molecule has 0 aliphatic carbocycles. The number of halogens is 1. The van der Waals surface area contributed by atoms with Crippen LogP contribution in [0.3, 0.4) is 0 Å². The number of carbonyl (C=O) groups is 2. The summed E-state index contributed by atoms with van der Waals surface area (Å²) >= 11 is 3.39. The van der Waals surface area contributed by atoms with Crippen molar-refractivity contribution in [3.8, 4) is 0 Å². The summed E-state index contributed by atoms with van der Waals surface area (Å²) in [7, 11) is 1.82. The van der Waals surface area contributed by atoms with Crippen LogP contribution in [0.1, 0.15) is 27.3 Å². The lowest BCUT2D eigenvalue weighted by atomic mass is 10.1. The largest absolute Gasteiger partial charge is 0.343 e. The Bertz CT molecular complexity index is 1060. The zero-order valence-electron chi connectivity index (χ0n) is 15.6. The van der Waals surface area contributed by atoms with Gasteiger partial charge in [-0.3, -0.25) is 14.3 Å². The van der Waals surface area contributed by atoms with Crippen molar-refractivity contribution in [2.45, 2.75) is 20.8 Å². The molecule has 2 amide bonds. The minimum absolute atomic E-state index is 0.127. The van der Waals surface area contributed by atoms with Gasteiger partial charge in [-0.1, -0.05) is 15.9 Å². The molecular formula is C19H20BrN5O2. The van der Waals surface area contributed by atoms with Gasteiger partial charge in [0.15, 0.2) is 5.65 Å². The molecule has 8 heteroatoms. The summed E-state index contributed by atoms with van der Waals surface area (Å²) in [6.07, 6.45) is 0. The smallest absolute Gasteiger partial charge is 0.253 e. The van der Waals surface area contributed by atoms with Crippen LogP contribution in [0.2, 0.25) is 0 Å². The monoisotopic (exact) mass is 429 g/mol. The van der Waals surface area contributed by atoms with Gasteiger partial charge in [0.1, 0.15) is 0 Å². The topological polar surface area (TPSA) is 88.9 Å². The normalized spacial score (nSPS) is 10.9. The summed E-state index contributed by atoms with van der Waals surface area (Å²) in [5, 5.41) is 10.6. The highest BCUT2D eigenvalue weighted by Crippen LogP contribution is 2.20. The first kappa shape index (κ1) is 19.0. The van der Waals surface area contributed by atoms with E-state index in [1.165, 1.54) is 0 Å². The first-order valence-corrected chi connectivity index (χ1v) is 9.20. The molecule has 140 valence electrons. The van der Waals surface area contributed by atoms with Gasteiger partial charge in [0.05, 0.1) is 23.5 Å². The van der Waals surface area contributed by atoms with E-state index in [0.29, 0.717) is 16.9 Å². The van der Waals surface area contributed by atoms with Crippen molar-refractivity contribution in [3.63, 3.8) is 0 Å². The third kappa shape index (κ3) is 4.00. The zero-order chi connectivity index (χ0) is 19.7. The third-order valence-electron chi connectivity index (χ3n) is 4.31. The number of anilines is 1. The number of nitrogens with one attached hydrogen (secondary N) is 2. The minimum Gasteiger partial charge on any atom is -0.343 e. The van der Waals surface area contributed by atoms with Crippen LogP contribution < -0.4 is 10.6 Å². The molecule has 0 saturated heterocycles. The Balaban J connectivity index is 1.70. The van der Waals surface area contributed by atoms with E-state index in [9.17, 15) is 9.59 Å². The van der Waals surface area contributed by atoms with Crippen LogP contribution in [0.5, 0.6) is 0 Å². The number of amides is 2. The van der Waals surface area contributed by atoms with Crippen LogP contribution in [-0.4, -0.2) is 33.1 Å². The lowest BCUT2D eigenvalue weighted by Gasteiger charge is -2.10. The van der Waals surface area contributed by atoms with E-state index in [1.807, 2.05) is 39.1 Å². The fourth-order valence-corrected chi connectivity index (χ4v) is 3.35. The van der Waals surface area contributed by atoms with Crippen LogP contribution in [0.15, 0.2) is 28.7 Å². The molecule has 2 aromatic heterocycles. The second-order valence-electron chi connectivity index (χ2n) is 6.39. The minimum atomic E-state index is -0.340. The van der Waals surface area contributed by atoms with Gasteiger partial charge in [0, 0.05) is 22.6 Å². The van der Waals surface area contributed by atoms with Gasteiger partial charge in [-0.25, -0.2) is 4.98 Å². The summed E-state index contributed by atoms with van der Waals surface area (Å²) < 4.78 is 2.63. The Morgan fingerprint density at radius 3 is 2.59 bits per heavy atom. The van der Waals surface area contributed by atoms with Crippen molar-refractivity contribution < 1.29 is 9.59 Å². The average Bonchev–Trinajstić information content (AvgIpc) is 2.88. The predicted octanol–water partition coefficient (Wildman–Crippen LogP) is 3.02. The number of fused-ring (bicyclic) bond motifs is 1. The van der Waals surface area contributed by atoms with E-state index in [0.717, 1.165) is 26.8 Å². The maximum atomic E-state index is 12.5. The van der Waals surface area contributed by atoms with E-state index in [1.54, 1.807) is 17.7 Å². The summed E-state index contributed by atoms with van der Waals surface area (Å²) in [6, 6.07) is 7.34. The third-order valence-corrected chi connectivity index (χ3v) is 4.80. The van der Waals surface area contributed by atoms with Crippen LogP contribution in [0, 0.1) is 20.8 Å². The molecule has 2 heterocycles. The van der Waals surface area contributed by atoms with Crippen LogP contribution in [-0.2, 0) is 11.8 Å². The number of aromatic nitrogens is 3. The molecule has 7 nitrogen and oxygen atoms in total. The molecule has 0 fully saturated rings. The number of rotatable bonds is 4. The van der Waals surface area contributed by atoms with Crippen molar-refractivity contribution >= 4 is 44.5 Å². The van der Waals surface area contributed by atoms with Gasteiger partial charge in [0.25, 0.3) is 5.91 Å². The molecule has 0 radical (unpaired) electrons. The Morgan fingerprint density at radius 2 is 1.89 bits per heavy atom. The van der Waals surface area contributed by atoms with Gasteiger partial charge in [0.2, 0.25) is 5.91 Å². The number of aryl methyl sites for hydroxylation is 4. The van der Waals surface area contributed by atoms with E-state index in [2.05, 4.69) is 36.6 Å². The number of nitrogens with zero attached hydrogens (tertiary/aromatic N) is 3. The summed E-state index contributed by atoms with van der Waals surface area (Å²) in [5.74, 6) is -0.633. The van der Waals surface area contributed by atoms with Crippen LogP contribution in [0.25, 0.3) is 11.0 Å². The highest BCUT2D eigenvalue weighted by molar-refractivity contribution is 9.10. The van der Waals surface area contributed by atoms with Crippen molar-refractivity contribution in [1.82, 2.24) is 20.1 Å². The van der Waals surface area contributed by atoms with E-state index >= 15 is 0 Å². The highest BCUT2D eigenvalue weighted by atomic mass is 79.9. The lowest BCUT2D eigenvalue weighted by Crippen LogP contribution is -2.33. The van der Waals surface area contributed by atoms with Gasteiger partial charge in [-0.2, -0.15) is 5.10 Å². The predicted molar refractivity (Wildman–Crippen MR) is 108 cm³/mol. The van der Waals surface area contributed by atoms with Gasteiger partial charge < -0.3 is 10.6 Å². The second-order valence-corrected chi connectivity index (χ2v) is 7.31. The lowest BCUT2D eigenvalue weighted by molar-refractivity contribution is -0.115. The number of carbonyl (C=O) groups excluding carboxylic acids is 2. The molecular weight excluding hydrogens is 410 g/mol. The van der Waals surface area contributed by atoms with Gasteiger partial charge in [-0.15, -0.1) is 0 Å². The number of benzene rings is 1. The summed E-state index contributed by atoms with van der Waals surface area (Å²) in [5.41, 5.74) is 4.20. The molecule has 0 spiro atoms. The van der Waals surface area contributed by atoms with Crippen molar-refractivity contribution in [2.75, 3.05) is 11.9 Å². The molecule has 0 aliphatic heterocycles. The Labute approximate surface area is 165 Å². The molecule has 0 atom stereocenters. The number of hydrogen-bond acceptors (Lipinski definition) is 4. The molecule has 0 bridgehead atoms. The quantitative estimate of drug-likeness (QED) is 0.666. The standard InChI is InChI=1S/C19H20BrN5O2/c1-10-7-13(20)5-6-16(10)23-17(26)9-21-19(27)15-8-14-12(3)24-25(4)18(14)22-11(15)2/h5-8H,9H2,1-4H3,(H,21,27)(H,23,26).